The van der Waals surface area contributed by atoms with Gasteiger partial charge in [-0.2, -0.15) is 0 Å². The number of anilines is 1. The summed E-state index contributed by atoms with van der Waals surface area (Å²) in [5, 5.41) is 2.65. The van der Waals surface area contributed by atoms with Crippen molar-refractivity contribution in [3.05, 3.63) is 58.9 Å². The van der Waals surface area contributed by atoms with Crippen LogP contribution in [0.4, 0.5) is 14.5 Å². The largest absolute Gasteiger partial charge is 0.369 e. The number of carbonyl (C=O) groups excluding carboxylic acids is 1. The summed E-state index contributed by atoms with van der Waals surface area (Å²) in [6.07, 6.45) is 2.54. The number of nitrogens with two attached hydrogens (primary N) is 1. The van der Waals surface area contributed by atoms with Gasteiger partial charge in [0.2, 0.25) is 5.96 Å². The average Bonchev–Trinajstić information content (AvgIpc) is 2.90. The van der Waals surface area contributed by atoms with E-state index in [4.69, 9.17) is 5.73 Å². The summed E-state index contributed by atoms with van der Waals surface area (Å²) in [7, 11) is -2.88. The summed E-state index contributed by atoms with van der Waals surface area (Å²) in [6, 6.07) is 5.25. The molecule has 3 heterocycles. The van der Waals surface area contributed by atoms with Crippen molar-refractivity contribution in [2.45, 2.75) is 32.2 Å². The van der Waals surface area contributed by atoms with Crippen LogP contribution >= 0.6 is 0 Å². The SMILES string of the molecule is Cc1cc(F)cnc1C(=O)Nc1ccc(F)c([C@]2(C)C[S@]3(=O)=NCCCCN3C(N)=N2)c1. The third-order valence-corrected chi connectivity index (χ3v) is 8.14. The number of nitrogens with one attached hydrogen (secondary N) is 1. The van der Waals surface area contributed by atoms with Crippen LogP contribution in [0.5, 0.6) is 0 Å². The molecule has 0 aliphatic carbocycles. The number of aryl methyl sites for hydroxylation is 1. The highest BCUT2D eigenvalue weighted by molar-refractivity contribution is 7.92. The quantitative estimate of drug-likeness (QED) is 0.730. The molecule has 0 radical (unpaired) electrons. The van der Waals surface area contributed by atoms with Crippen LogP contribution in [0.2, 0.25) is 0 Å². The van der Waals surface area contributed by atoms with Gasteiger partial charge in [-0.15, -0.1) is 0 Å². The van der Waals surface area contributed by atoms with E-state index in [-0.39, 0.29) is 23.0 Å². The normalized spacial score (nSPS) is 25.2. The number of aliphatic imine (C=N–C) groups is 1. The standard InChI is InChI=1S/C21H24F2N6O2S/c1-13-9-14(22)11-25-18(13)19(30)27-15-5-6-17(23)16(10-15)21(2)12-32(31)26-7-3-4-8-29(32)20(24)28-21/h5-6,9-11H,3-4,7-8,12H2,1-2H3,(H2,24,28)(H,27,30)/t21-,32-/m0/s1. The highest BCUT2D eigenvalue weighted by Crippen LogP contribution is 2.36. The zero-order valence-corrected chi connectivity index (χ0v) is 18.6. The number of rotatable bonds is 3. The number of halogens is 2. The van der Waals surface area contributed by atoms with Crippen molar-refractivity contribution in [2.24, 2.45) is 15.1 Å². The Kier molecular flexibility index (Phi) is 5.61. The molecular weight excluding hydrogens is 438 g/mol. The van der Waals surface area contributed by atoms with Gasteiger partial charge in [0.1, 0.15) is 32.8 Å². The Labute approximate surface area is 185 Å². The molecule has 2 aromatic rings. The van der Waals surface area contributed by atoms with Gasteiger partial charge < -0.3 is 11.1 Å². The number of carbonyl (C=O) groups is 1. The van der Waals surface area contributed by atoms with Crippen LogP contribution in [0.3, 0.4) is 0 Å². The number of guanidine groups is 1. The minimum absolute atomic E-state index is 0.0202. The molecule has 0 fully saturated rings. The average molecular weight is 463 g/mol. The fraction of sp³-hybridized carbons (Fsp3) is 0.381. The Balaban J connectivity index is 1.70. The third kappa shape index (κ3) is 4.04. The van der Waals surface area contributed by atoms with Gasteiger partial charge in [0.15, 0.2) is 0 Å². The van der Waals surface area contributed by atoms with Gasteiger partial charge in [-0.05, 0) is 56.5 Å². The molecule has 1 aromatic carbocycles. The number of hydrogen-bond donors (Lipinski definition) is 2. The molecule has 3 N–H and O–H groups in total. The molecule has 0 saturated carbocycles. The second-order valence-electron chi connectivity index (χ2n) is 8.12. The Morgan fingerprint density at radius 1 is 1.28 bits per heavy atom. The molecule has 170 valence electrons. The van der Waals surface area contributed by atoms with Crippen molar-refractivity contribution in [1.29, 1.82) is 0 Å². The molecule has 11 heteroatoms. The summed E-state index contributed by atoms with van der Waals surface area (Å²) < 4.78 is 47.7. The van der Waals surface area contributed by atoms with Gasteiger partial charge in [0, 0.05) is 17.8 Å². The van der Waals surface area contributed by atoms with E-state index in [2.05, 4.69) is 19.7 Å². The predicted molar refractivity (Wildman–Crippen MR) is 119 cm³/mol. The van der Waals surface area contributed by atoms with Crippen molar-refractivity contribution in [3.8, 4) is 0 Å². The number of amides is 1. The predicted octanol–water partition coefficient (Wildman–Crippen LogP) is 2.94. The van der Waals surface area contributed by atoms with Crippen molar-refractivity contribution in [2.75, 3.05) is 24.2 Å². The van der Waals surface area contributed by atoms with Gasteiger partial charge >= 0.3 is 0 Å². The molecule has 1 amide bonds. The lowest BCUT2D eigenvalue weighted by Gasteiger charge is -2.38. The minimum Gasteiger partial charge on any atom is -0.369 e. The van der Waals surface area contributed by atoms with Crippen LogP contribution in [0.25, 0.3) is 0 Å². The molecule has 0 bridgehead atoms. The van der Waals surface area contributed by atoms with Crippen molar-refractivity contribution in [3.63, 3.8) is 0 Å². The zero-order valence-electron chi connectivity index (χ0n) is 17.8. The number of aromatic nitrogens is 1. The van der Waals surface area contributed by atoms with E-state index in [9.17, 15) is 17.8 Å². The number of fused-ring (bicyclic) bond motifs is 1. The maximum atomic E-state index is 14.9. The summed E-state index contributed by atoms with van der Waals surface area (Å²) in [4.78, 5) is 21.0. The number of benzene rings is 1. The van der Waals surface area contributed by atoms with E-state index >= 15 is 0 Å². The second kappa shape index (κ2) is 8.12. The van der Waals surface area contributed by atoms with Gasteiger partial charge in [-0.25, -0.2) is 27.3 Å². The summed E-state index contributed by atoms with van der Waals surface area (Å²) in [6.45, 7) is 4.15. The Morgan fingerprint density at radius 3 is 2.81 bits per heavy atom. The minimum atomic E-state index is -2.88. The molecule has 32 heavy (non-hydrogen) atoms. The van der Waals surface area contributed by atoms with Crippen molar-refractivity contribution < 1.29 is 17.8 Å². The van der Waals surface area contributed by atoms with Crippen molar-refractivity contribution >= 4 is 27.5 Å². The van der Waals surface area contributed by atoms with E-state index in [1.54, 1.807) is 13.8 Å². The number of hydrogen-bond acceptors (Lipinski definition) is 6. The van der Waals surface area contributed by atoms with E-state index in [1.807, 2.05) is 0 Å². The molecular formula is C21H24F2N6O2S. The molecule has 0 spiro atoms. The molecule has 0 unspecified atom stereocenters. The monoisotopic (exact) mass is 462 g/mol. The first-order valence-electron chi connectivity index (χ1n) is 10.2. The molecule has 8 nitrogen and oxygen atoms in total. The highest BCUT2D eigenvalue weighted by Gasteiger charge is 2.42. The molecule has 0 saturated heterocycles. The zero-order chi connectivity index (χ0) is 23.1. The van der Waals surface area contributed by atoms with Gasteiger partial charge in [0.05, 0.1) is 18.5 Å². The molecule has 2 aliphatic rings. The topological polar surface area (TPSA) is 113 Å². The molecule has 2 aliphatic heterocycles. The van der Waals surface area contributed by atoms with E-state index in [0.717, 1.165) is 19.0 Å². The van der Waals surface area contributed by atoms with Crippen LogP contribution < -0.4 is 11.1 Å². The lowest BCUT2D eigenvalue weighted by Crippen LogP contribution is -2.52. The number of pyridine rings is 1. The summed E-state index contributed by atoms with van der Waals surface area (Å²) in [5.74, 6) is -1.63. The van der Waals surface area contributed by atoms with Gasteiger partial charge in [-0.3, -0.25) is 9.10 Å². The smallest absolute Gasteiger partial charge is 0.274 e. The van der Waals surface area contributed by atoms with Crippen LogP contribution in [-0.2, 0) is 15.5 Å². The van der Waals surface area contributed by atoms with Crippen LogP contribution in [0.15, 0.2) is 39.8 Å². The van der Waals surface area contributed by atoms with Crippen molar-refractivity contribution in [1.82, 2.24) is 9.29 Å². The maximum absolute atomic E-state index is 14.9. The summed E-state index contributed by atoms with van der Waals surface area (Å²) >= 11 is 0. The van der Waals surface area contributed by atoms with Gasteiger partial charge in [0.25, 0.3) is 5.91 Å². The van der Waals surface area contributed by atoms with Crippen LogP contribution in [0, 0.1) is 18.6 Å². The fourth-order valence-electron chi connectivity index (χ4n) is 4.00. The first-order chi connectivity index (χ1) is 15.1. The van der Waals surface area contributed by atoms with Gasteiger partial charge in [-0.1, -0.05) is 0 Å². The maximum Gasteiger partial charge on any atom is 0.274 e. The third-order valence-electron chi connectivity index (χ3n) is 5.56. The first-order valence-corrected chi connectivity index (χ1v) is 11.8. The van der Waals surface area contributed by atoms with Crippen LogP contribution in [-0.4, -0.2) is 44.2 Å². The summed E-state index contributed by atoms with van der Waals surface area (Å²) in [5.41, 5.74) is 5.76. The Morgan fingerprint density at radius 2 is 2.06 bits per heavy atom. The van der Waals surface area contributed by atoms with Crippen LogP contribution in [0.1, 0.15) is 41.4 Å². The highest BCUT2D eigenvalue weighted by atomic mass is 32.2. The first kappa shape index (κ1) is 22.1. The second-order valence-corrected chi connectivity index (χ2v) is 10.3. The van der Waals surface area contributed by atoms with E-state index in [1.165, 1.54) is 28.6 Å². The fourth-order valence-corrected chi connectivity index (χ4v) is 6.50. The Bertz CT molecular complexity index is 1240. The molecule has 2 atom stereocenters. The molecule has 4 rings (SSSR count). The van der Waals surface area contributed by atoms with E-state index in [0.29, 0.717) is 24.3 Å². The molecule has 1 aromatic heterocycles. The Hall–Kier alpha value is -3.08. The van der Waals surface area contributed by atoms with E-state index < -0.39 is 33.0 Å². The number of nitrogens with zero attached hydrogens (tertiary/aromatic N) is 4. The lowest BCUT2D eigenvalue weighted by molar-refractivity contribution is 0.102. The lowest BCUT2D eigenvalue weighted by atomic mass is 9.93.